The van der Waals surface area contributed by atoms with Crippen LogP contribution in [0, 0.1) is 0 Å². The number of hydrogen-bond acceptors (Lipinski definition) is 2. The van der Waals surface area contributed by atoms with Gasteiger partial charge in [0.25, 0.3) is 0 Å². The Balaban J connectivity index is 0.000000810. The van der Waals surface area contributed by atoms with E-state index in [1.807, 2.05) is 0 Å². The van der Waals surface area contributed by atoms with E-state index in [1.165, 1.54) is 0 Å². The molecule has 1 heterocycles. The Morgan fingerprint density at radius 1 is 1.70 bits per heavy atom. The van der Waals surface area contributed by atoms with Crippen molar-refractivity contribution in [3.63, 3.8) is 0 Å². The summed E-state index contributed by atoms with van der Waals surface area (Å²) in [6.07, 6.45) is 0.769. The summed E-state index contributed by atoms with van der Waals surface area (Å²) in [5, 5.41) is 10.6. The van der Waals surface area contributed by atoms with Crippen LogP contribution in [-0.4, -0.2) is 23.0 Å². The molecule has 0 aliphatic carbocycles. The molecular weight excluding hydrogens is 154 g/mol. The zero-order valence-electron chi connectivity index (χ0n) is 5.26. The van der Waals surface area contributed by atoms with Crippen LogP contribution in [0.5, 0.6) is 0 Å². The van der Waals surface area contributed by atoms with Crippen LogP contribution in [0.25, 0.3) is 0 Å². The van der Waals surface area contributed by atoms with Crippen LogP contribution >= 0.6 is 13.5 Å². The van der Waals surface area contributed by atoms with Gasteiger partial charge in [-0.3, -0.25) is 4.79 Å². The second-order valence-corrected chi connectivity index (χ2v) is 2.00. The molecule has 10 heavy (non-hydrogen) atoms. The summed E-state index contributed by atoms with van der Waals surface area (Å²) in [7, 11) is 0. The minimum Gasteiger partial charge on any atom is -0.480 e. The second-order valence-electron chi connectivity index (χ2n) is 2.00. The van der Waals surface area contributed by atoms with Crippen LogP contribution in [0.3, 0.4) is 0 Å². The Bertz CT molecular complexity index is 159. The van der Waals surface area contributed by atoms with Crippen molar-refractivity contribution in [1.29, 1.82) is 0 Å². The first kappa shape index (κ1) is 9.29. The number of carbonyl (C=O) groups excluding carboxylic acids is 1. The molecule has 0 aromatic carbocycles. The summed E-state index contributed by atoms with van der Waals surface area (Å²) in [5.41, 5.74) is 0. The minimum atomic E-state index is -0.944. The van der Waals surface area contributed by atoms with E-state index in [0.29, 0.717) is 12.8 Å². The molecule has 1 aliphatic rings. The fraction of sp³-hybridized carbons (Fsp3) is 0.600. The molecule has 0 saturated carbocycles. The Hall–Kier alpha value is -0.710. The van der Waals surface area contributed by atoms with E-state index in [9.17, 15) is 9.59 Å². The highest BCUT2D eigenvalue weighted by molar-refractivity contribution is 7.59. The maximum atomic E-state index is 10.4. The molecule has 0 spiro atoms. The van der Waals surface area contributed by atoms with Crippen molar-refractivity contribution in [2.75, 3.05) is 0 Å². The lowest BCUT2D eigenvalue weighted by molar-refractivity contribution is -0.140. The summed E-state index contributed by atoms with van der Waals surface area (Å²) in [6, 6.07) is -0.641. The number of amides is 1. The highest BCUT2D eigenvalue weighted by atomic mass is 32.1. The molecule has 1 fully saturated rings. The van der Waals surface area contributed by atoms with Gasteiger partial charge in [0.05, 0.1) is 0 Å². The molecule has 1 saturated heterocycles. The van der Waals surface area contributed by atoms with Crippen molar-refractivity contribution in [3.8, 4) is 0 Å². The summed E-state index contributed by atoms with van der Waals surface area (Å²) in [4.78, 5) is 20.5. The first-order chi connectivity index (χ1) is 4.20. The monoisotopic (exact) mass is 163 g/mol. The first-order valence-corrected chi connectivity index (χ1v) is 2.72. The topological polar surface area (TPSA) is 66.4 Å². The van der Waals surface area contributed by atoms with E-state index in [4.69, 9.17) is 5.11 Å². The van der Waals surface area contributed by atoms with Crippen LogP contribution in [-0.2, 0) is 9.59 Å². The molecule has 1 unspecified atom stereocenters. The standard InChI is InChI=1S/C5H7NO3.H2S/c7-4-2-1-3(6-4)5(8)9;/h3H,1-2H2,(H,6,7)(H,8,9);1H2. The van der Waals surface area contributed by atoms with E-state index in [-0.39, 0.29) is 19.4 Å². The number of nitrogens with one attached hydrogen (secondary N) is 1. The number of rotatable bonds is 1. The zero-order valence-corrected chi connectivity index (χ0v) is 6.26. The predicted octanol–water partition coefficient (Wildman–Crippen LogP) is -0.538. The van der Waals surface area contributed by atoms with Crippen molar-refractivity contribution in [2.45, 2.75) is 18.9 Å². The molecule has 0 radical (unpaired) electrons. The average Bonchev–Trinajstić information content (AvgIpc) is 2.14. The normalized spacial score (nSPS) is 23.2. The molecule has 1 rings (SSSR count). The summed E-state index contributed by atoms with van der Waals surface area (Å²) in [5.74, 6) is -1.11. The lowest BCUT2D eigenvalue weighted by atomic mass is 10.2. The minimum absolute atomic E-state index is 0. The Morgan fingerprint density at radius 3 is 2.50 bits per heavy atom. The van der Waals surface area contributed by atoms with Crippen LogP contribution in [0.2, 0.25) is 0 Å². The van der Waals surface area contributed by atoms with Gasteiger partial charge in [-0.2, -0.15) is 13.5 Å². The van der Waals surface area contributed by atoms with Crippen LogP contribution in [0.4, 0.5) is 0 Å². The third kappa shape index (κ3) is 1.91. The number of carboxylic acids is 1. The van der Waals surface area contributed by atoms with Crippen molar-refractivity contribution >= 4 is 25.4 Å². The maximum absolute atomic E-state index is 10.4. The lowest BCUT2D eigenvalue weighted by Gasteiger charge is -1.99. The number of carbonyl (C=O) groups is 2. The van der Waals surface area contributed by atoms with Crippen LogP contribution < -0.4 is 5.32 Å². The van der Waals surface area contributed by atoms with Crippen LogP contribution in [0.15, 0.2) is 0 Å². The molecule has 1 amide bonds. The molecule has 0 bridgehead atoms. The van der Waals surface area contributed by atoms with Crippen molar-refractivity contribution < 1.29 is 14.7 Å². The molecule has 1 atom stereocenters. The quantitative estimate of drug-likeness (QED) is 0.545. The van der Waals surface area contributed by atoms with Gasteiger partial charge in [-0.05, 0) is 6.42 Å². The largest absolute Gasteiger partial charge is 0.480 e. The SMILES string of the molecule is O=C1CCC(C(=O)O)N1.S. The van der Waals surface area contributed by atoms with Gasteiger partial charge >= 0.3 is 5.97 Å². The molecule has 5 heteroatoms. The fourth-order valence-corrected chi connectivity index (χ4v) is 0.799. The van der Waals surface area contributed by atoms with Crippen molar-refractivity contribution in [1.82, 2.24) is 5.32 Å². The molecule has 4 nitrogen and oxygen atoms in total. The highest BCUT2D eigenvalue weighted by Crippen LogP contribution is 2.05. The summed E-state index contributed by atoms with van der Waals surface area (Å²) >= 11 is 0. The van der Waals surface area contributed by atoms with E-state index in [1.54, 1.807) is 0 Å². The van der Waals surface area contributed by atoms with Gasteiger partial charge < -0.3 is 10.4 Å². The van der Waals surface area contributed by atoms with E-state index in [0.717, 1.165) is 0 Å². The van der Waals surface area contributed by atoms with E-state index >= 15 is 0 Å². The molecule has 2 N–H and O–H groups in total. The Labute approximate surface area is 65.1 Å². The average molecular weight is 163 g/mol. The van der Waals surface area contributed by atoms with Gasteiger partial charge in [-0.25, -0.2) is 4.79 Å². The smallest absolute Gasteiger partial charge is 0.326 e. The molecule has 58 valence electrons. The van der Waals surface area contributed by atoms with E-state index < -0.39 is 12.0 Å². The fourth-order valence-electron chi connectivity index (χ4n) is 0.799. The first-order valence-electron chi connectivity index (χ1n) is 2.72. The van der Waals surface area contributed by atoms with Gasteiger partial charge in [-0.1, -0.05) is 0 Å². The van der Waals surface area contributed by atoms with Gasteiger partial charge in [0.1, 0.15) is 6.04 Å². The maximum Gasteiger partial charge on any atom is 0.326 e. The van der Waals surface area contributed by atoms with Crippen LogP contribution in [0.1, 0.15) is 12.8 Å². The number of hydrogen-bond donors (Lipinski definition) is 2. The summed E-state index contributed by atoms with van der Waals surface area (Å²) < 4.78 is 0. The Kier molecular flexibility index (Phi) is 3.21. The van der Waals surface area contributed by atoms with Gasteiger partial charge in [-0.15, -0.1) is 0 Å². The zero-order chi connectivity index (χ0) is 6.85. The van der Waals surface area contributed by atoms with Gasteiger partial charge in [0.2, 0.25) is 5.91 Å². The number of aliphatic carboxylic acids is 1. The molecule has 0 aromatic rings. The van der Waals surface area contributed by atoms with Gasteiger partial charge in [0, 0.05) is 6.42 Å². The lowest BCUT2D eigenvalue weighted by Crippen LogP contribution is -2.32. The molecule has 1 aliphatic heterocycles. The van der Waals surface area contributed by atoms with Gasteiger partial charge in [0.15, 0.2) is 0 Å². The van der Waals surface area contributed by atoms with Crippen molar-refractivity contribution in [2.24, 2.45) is 0 Å². The van der Waals surface area contributed by atoms with Crippen molar-refractivity contribution in [3.05, 3.63) is 0 Å². The predicted molar refractivity (Wildman–Crippen MR) is 39.2 cm³/mol. The highest BCUT2D eigenvalue weighted by Gasteiger charge is 2.26. The molecular formula is C5H9NO3S. The Morgan fingerprint density at radius 2 is 2.30 bits per heavy atom. The third-order valence-corrected chi connectivity index (χ3v) is 1.29. The second kappa shape index (κ2) is 3.46. The van der Waals surface area contributed by atoms with E-state index in [2.05, 4.69) is 5.32 Å². The number of carboxylic acid groups (broad SMARTS) is 1. The third-order valence-electron chi connectivity index (χ3n) is 1.29. The summed E-state index contributed by atoms with van der Waals surface area (Å²) in [6.45, 7) is 0. The molecule has 0 aromatic heterocycles.